The molecule has 4 heteroatoms. The lowest BCUT2D eigenvalue weighted by atomic mass is 9.69. The molecule has 1 aromatic heterocycles. The number of aromatic nitrogens is 2. The van der Waals surface area contributed by atoms with Gasteiger partial charge in [-0.25, -0.2) is 4.98 Å². The second-order valence-electron chi connectivity index (χ2n) is 8.37. The van der Waals surface area contributed by atoms with Crippen molar-refractivity contribution < 1.29 is 0 Å². The molecule has 2 heterocycles. The highest BCUT2D eigenvalue weighted by Gasteiger charge is 2.44. The highest BCUT2D eigenvalue weighted by atomic mass is 16.1. The molecule has 0 N–H and O–H groups in total. The molecule has 1 atom stereocenters. The summed E-state index contributed by atoms with van der Waals surface area (Å²) >= 11 is 0. The van der Waals surface area contributed by atoms with Crippen molar-refractivity contribution in [2.75, 3.05) is 20.1 Å². The van der Waals surface area contributed by atoms with E-state index in [4.69, 9.17) is 0 Å². The van der Waals surface area contributed by atoms with Gasteiger partial charge >= 0.3 is 0 Å². The van der Waals surface area contributed by atoms with Crippen LogP contribution in [-0.4, -0.2) is 34.6 Å². The van der Waals surface area contributed by atoms with Crippen LogP contribution in [0, 0.1) is 18.3 Å². The van der Waals surface area contributed by atoms with E-state index in [9.17, 15) is 4.79 Å². The third kappa shape index (κ3) is 3.23. The molecule has 4 rings (SSSR count). The topological polar surface area (TPSA) is 38.1 Å². The van der Waals surface area contributed by atoms with Crippen LogP contribution < -0.4 is 5.56 Å². The fraction of sp³-hybridized carbons (Fsp3) is 0.545. The van der Waals surface area contributed by atoms with Gasteiger partial charge < -0.3 is 4.90 Å². The Morgan fingerprint density at radius 1 is 1.23 bits per heavy atom. The second kappa shape index (κ2) is 6.99. The molecule has 2 aromatic rings. The van der Waals surface area contributed by atoms with Gasteiger partial charge in [-0.3, -0.25) is 9.36 Å². The number of hydrogen-bond acceptors (Lipinski definition) is 3. The summed E-state index contributed by atoms with van der Waals surface area (Å²) in [5, 5.41) is 0. The number of benzene rings is 1. The third-order valence-corrected chi connectivity index (χ3v) is 6.63. The van der Waals surface area contributed by atoms with E-state index in [0.29, 0.717) is 11.3 Å². The molecule has 0 amide bonds. The zero-order valence-corrected chi connectivity index (χ0v) is 15.9. The molecular weight excluding hydrogens is 322 g/mol. The monoisotopic (exact) mass is 351 g/mol. The van der Waals surface area contributed by atoms with Gasteiger partial charge in [0, 0.05) is 24.7 Å². The van der Waals surface area contributed by atoms with E-state index in [-0.39, 0.29) is 5.56 Å². The first-order valence-electron chi connectivity index (χ1n) is 9.88. The van der Waals surface area contributed by atoms with Crippen molar-refractivity contribution in [3.05, 3.63) is 52.6 Å². The largest absolute Gasteiger partial charge is 0.306 e. The molecular formula is C22H29N3O. The number of hydrogen-bond donors (Lipinski definition) is 0. The highest BCUT2D eigenvalue weighted by molar-refractivity contribution is 5.62. The van der Waals surface area contributed by atoms with Crippen LogP contribution in [-0.2, 0) is 6.54 Å². The van der Waals surface area contributed by atoms with E-state index in [1.54, 1.807) is 12.4 Å². The number of nitrogens with zero attached hydrogens (tertiary/aromatic N) is 3. The van der Waals surface area contributed by atoms with Gasteiger partial charge in [-0.05, 0) is 56.7 Å². The van der Waals surface area contributed by atoms with Crippen LogP contribution in [0.4, 0.5) is 0 Å². The molecule has 1 aliphatic heterocycles. The standard InChI is InChI=1S/C22H29N3O/c1-17-7-3-4-8-19(17)20-13-21(26)25(16-23-20)14-18-9-12-24(2)15-22(18)10-5-6-11-22/h3-4,7-8,13,16,18H,5-6,9-12,14-15H2,1-2H3/t18-/m0/s1. The minimum Gasteiger partial charge on any atom is -0.306 e. The average molecular weight is 351 g/mol. The third-order valence-electron chi connectivity index (χ3n) is 6.63. The smallest absolute Gasteiger partial charge is 0.253 e. The first-order chi connectivity index (χ1) is 12.6. The van der Waals surface area contributed by atoms with Gasteiger partial charge in [0.15, 0.2) is 0 Å². The quantitative estimate of drug-likeness (QED) is 0.846. The van der Waals surface area contributed by atoms with E-state index in [2.05, 4.69) is 29.9 Å². The molecule has 1 aromatic carbocycles. The lowest BCUT2D eigenvalue weighted by Gasteiger charge is -2.45. The summed E-state index contributed by atoms with van der Waals surface area (Å²) in [5.41, 5.74) is 3.45. The van der Waals surface area contributed by atoms with E-state index in [1.165, 1.54) is 38.6 Å². The molecule has 0 bridgehead atoms. The molecule has 1 aliphatic carbocycles. The Morgan fingerprint density at radius 3 is 2.73 bits per heavy atom. The van der Waals surface area contributed by atoms with Crippen molar-refractivity contribution in [2.45, 2.75) is 45.6 Å². The van der Waals surface area contributed by atoms with Crippen LogP contribution in [0.2, 0.25) is 0 Å². The SMILES string of the molecule is Cc1ccccc1-c1cc(=O)n(C[C@@H]2CCN(C)CC23CCCC3)cn1. The normalized spacial score (nSPS) is 22.8. The molecule has 26 heavy (non-hydrogen) atoms. The van der Waals surface area contributed by atoms with Crippen molar-refractivity contribution in [3.8, 4) is 11.3 Å². The van der Waals surface area contributed by atoms with Crippen molar-refractivity contribution in [3.63, 3.8) is 0 Å². The molecule has 4 nitrogen and oxygen atoms in total. The van der Waals surface area contributed by atoms with Crippen molar-refractivity contribution >= 4 is 0 Å². The van der Waals surface area contributed by atoms with E-state index in [1.807, 2.05) is 22.8 Å². The number of aryl methyl sites for hydroxylation is 1. The summed E-state index contributed by atoms with van der Waals surface area (Å²) in [6.45, 7) is 5.19. The highest BCUT2D eigenvalue weighted by Crippen LogP contribution is 2.48. The fourth-order valence-electron chi connectivity index (χ4n) is 5.17. The molecule has 0 radical (unpaired) electrons. The van der Waals surface area contributed by atoms with Crippen LogP contribution in [0.25, 0.3) is 11.3 Å². The molecule has 1 saturated heterocycles. The zero-order valence-electron chi connectivity index (χ0n) is 15.9. The van der Waals surface area contributed by atoms with Gasteiger partial charge in [-0.2, -0.15) is 0 Å². The molecule has 1 saturated carbocycles. The molecule has 1 spiro atoms. The molecule has 138 valence electrons. The lowest BCUT2D eigenvalue weighted by Crippen LogP contribution is -2.47. The Hall–Kier alpha value is -1.94. The minimum absolute atomic E-state index is 0.0744. The van der Waals surface area contributed by atoms with Crippen molar-refractivity contribution in [1.29, 1.82) is 0 Å². The summed E-state index contributed by atoms with van der Waals surface area (Å²) in [7, 11) is 2.24. The Morgan fingerprint density at radius 2 is 2.00 bits per heavy atom. The fourth-order valence-corrected chi connectivity index (χ4v) is 5.17. The number of likely N-dealkylation sites (tertiary alicyclic amines) is 1. The average Bonchev–Trinajstić information content (AvgIpc) is 3.08. The number of piperidine rings is 1. The van der Waals surface area contributed by atoms with Gasteiger partial charge in [-0.15, -0.1) is 0 Å². The van der Waals surface area contributed by atoms with Gasteiger partial charge in [0.1, 0.15) is 0 Å². The van der Waals surface area contributed by atoms with Crippen LogP contribution in [0.5, 0.6) is 0 Å². The predicted octanol–water partition coefficient (Wildman–Crippen LogP) is 3.73. The summed E-state index contributed by atoms with van der Waals surface area (Å²) in [6, 6.07) is 9.81. The Balaban J connectivity index is 1.59. The number of rotatable bonds is 3. The summed E-state index contributed by atoms with van der Waals surface area (Å²) < 4.78 is 1.85. The maximum absolute atomic E-state index is 12.8. The van der Waals surface area contributed by atoms with Gasteiger partial charge in [0.2, 0.25) is 0 Å². The first-order valence-corrected chi connectivity index (χ1v) is 9.88. The second-order valence-corrected chi connectivity index (χ2v) is 8.37. The van der Waals surface area contributed by atoms with Crippen molar-refractivity contribution in [2.24, 2.45) is 11.3 Å². The van der Waals surface area contributed by atoms with Gasteiger partial charge in [0.05, 0.1) is 12.0 Å². The maximum atomic E-state index is 12.8. The van der Waals surface area contributed by atoms with E-state index >= 15 is 0 Å². The molecule has 0 unspecified atom stereocenters. The summed E-state index contributed by atoms with van der Waals surface area (Å²) in [4.78, 5) is 19.9. The van der Waals surface area contributed by atoms with Crippen molar-refractivity contribution in [1.82, 2.24) is 14.5 Å². The summed E-state index contributed by atoms with van der Waals surface area (Å²) in [6.07, 6.45) is 8.25. The minimum atomic E-state index is 0.0744. The molecule has 2 aliphatic rings. The van der Waals surface area contributed by atoms with Crippen LogP contribution in [0.3, 0.4) is 0 Å². The summed E-state index contributed by atoms with van der Waals surface area (Å²) in [5.74, 6) is 0.588. The van der Waals surface area contributed by atoms with E-state index < -0.39 is 0 Å². The predicted molar refractivity (Wildman–Crippen MR) is 105 cm³/mol. The maximum Gasteiger partial charge on any atom is 0.253 e. The Kier molecular flexibility index (Phi) is 4.70. The van der Waals surface area contributed by atoms with Gasteiger partial charge in [0.25, 0.3) is 5.56 Å². The zero-order chi connectivity index (χ0) is 18.1. The van der Waals surface area contributed by atoms with Crippen LogP contribution in [0.15, 0.2) is 41.5 Å². The Bertz CT molecular complexity index is 835. The molecule has 2 fully saturated rings. The van der Waals surface area contributed by atoms with E-state index in [0.717, 1.165) is 29.9 Å². The van der Waals surface area contributed by atoms with Crippen LogP contribution >= 0.6 is 0 Å². The van der Waals surface area contributed by atoms with Gasteiger partial charge in [-0.1, -0.05) is 37.1 Å². The Labute approximate surface area is 155 Å². The van der Waals surface area contributed by atoms with Crippen LogP contribution in [0.1, 0.15) is 37.7 Å². The lowest BCUT2D eigenvalue weighted by molar-refractivity contribution is 0.0345. The first kappa shape index (κ1) is 17.5.